The summed E-state index contributed by atoms with van der Waals surface area (Å²) < 4.78 is 21.7. The molecule has 0 radical (unpaired) electrons. The number of benzene rings is 1. The van der Waals surface area contributed by atoms with Gasteiger partial charge in [-0.15, -0.1) is 0 Å². The van der Waals surface area contributed by atoms with Crippen molar-refractivity contribution in [3.8, 4) is 0 Å². The van der Waals surface area contributed by atoms with E-state index in [2.05, 4.69) is 67.8 Å². The third-order valence-electron chi connectivity index (χ3n) is 9.03. The van der Waals surface area contributed by atoms with Gasteiger partial charge in [0.1, 0.15) is 5.83 Å². The molecule has 1 aromatic heterocycles. The van der Waals surface area contributed by atoms with Crippen LogP contribution in [0.5, 0.6) is 0 Å². The highest BCUT2D eigenvalue weighted by molar-refractivity contribution is 5.97. The largest absolute Gasteiger partial charge is 0.478 e. The zero-order valence-electron chi connectivity index (χ0n) is 29.0. The first kappa shape index (κ1) is 36.9. The van der Waals surface area contributed by atoms with Crippen molar-refractivity contribution in [2.45, 2.75) is 91.9 Å². The maximum absolute atomic E-state index is 15.9. The Kier molecular flexibility index (Phi) is 15.4. The number of hydrogen-bond donors (Lipinski definition) is 2. The number of carboxylic acids is 1. The number of likely N-dealkylation sites (tertiary alicyclic amines) is 1. The van der Waals surface area contributed by atoms with Crippen molar-refractivity contribution in [1.82, 2.24) is 14.8 Å². The number of nitrogens with zero attached hydrogens (tertiary/aromatic N) is 2. The van der Waals surface area contributed by atoms with Gasteiger partial charge in [0.2, 0.25) is 0 Å². The average Bonchev–Trinajstić information content (AvgIpc) is 3.72. The fraction of sp³-hybridized carbons (Fsp3) is 0.513. The summed E-state index contributed by atoms with van der Waals surface area (Å²) in [6.45, 7) is 14.1. The third kappa shape index (κ3) is 10.2. The average molecular weight is 634 g/mol. The summed E-state index contributed by atoms with van der Waals surface area (Å²) in [5.74, 6) is -1.08. The molecule has 6 nitrogen and oxygen atoms in total. The Morgan fingerprint density at radius 2 is 1.87 bits per heavy atom. The maximum Gasteiger partial charge on any atom is 0.335 e. The molecule has 1 atom stereocenters. The van der Waals surface area contributed by atoms with Gasteiger partial charge in [-0.1, -0.05) is 57.7 Å². The molecule has 2 aromatic rings. The minimum Gasteiger partial charge on any atom is -0.478 e. The van der Waals surface area contributed by atoms with Crippen LogP contribution in [-0.4, -0.2) is 65.8 Å². The van der Waals surface area contributed by atoms with E-state index in [1.807, 2.05) is 19.1 Å². The van der Waals surface area contributed by atoms with Gasteiger partial charge in [-0.3, -0.25) is 0 Å². The van der Waals surface area contributed by atoms with Crippen LogP contribution in [0.4, 0.5) is 4.39 Å². The highest BCUT2D eigenvalue weighted by Gasteiger charge is 2.24. The predicted molar refractivity (Wildman–Crippen MR) is 191 cm³/mol. The van der Waals surface area contributed by atoms with Crippen LogP contribution in [0.15, 0.2) is 71.9 Å². The predicted octanol–water partition coefficient (Wildman–Crippen LogP) is 9.99. The van der Waals surface area contributed by atoms with E-state index in [4.69, 9.17) is 4.74 Å². The molecular weight excluding hydrogens is 577 g/mol. The highest BCUT2D eigenvalue weighted by Crippen LogP contribution is 2.40. The van der Waals surface area contributed by atoms with Crippen molar-refractivity contribution in [2.24, 2.45) is 0 Å². The second-order valence-corrected chi connectivity index (χ2v) is 12.3. The molecule has 0 saturated carbocycles. The lowest BCUT2D eigenvalue weighted by molar-refractivity contribution is 0.0697. The number of ether oxygens (including phenoxy) is 1. The number of aromatic amines is 1. The maximum atomic E-state index is 15.9. The van der Waals surface area contributed by atoms with Crippen LogP contribution in [0.25, 0.3) is 16.5 Å². The molecule has 1 aliphatic rings. The Balaban J connectivity index is 1.80. The second kappa shape index (κ2) is 19.2. The third-order valence-corrected chi connectivity index (χ3v) is 9.03. The lowest BCUT2D eigenvalue weighted by atomic mass is 9.85. The Labute approximate surface area is 276 Å². The van der Waals surface area contributed by atoms with Crippen LogP contribution in [0.2, 0.25) is 0 Å². The lowest BCUT2D eigenvalue weighted by Gasteiger charge is -2.20. The topological polar surface area (TPSA) is 68.8 Å². The van der Waals surface area contributed by atoms with Gasteiger partial charge in [0, 0.05) is 54.6 Å². The second-order valence-electron chi connectivity index (χ2n) is 12.3. The lowest BCUT2D eigenvalue weighted by Crippen LogP contribution is -2.18. The van der Waals surface area contributed by atoms with Crippen molar-refractivity contribution in [2.75, 3.05) is 39.9 Å². The molecule has 7 heteroatoms. The number of carboxylic acid groups (broad SMARTS) is 1. The van der Waals surface area contributed by atoms with E-state index in [0.29, 0.717) is 12.2 Å². The highest BCUT2D eigenvalue weighted by atomic mass is 19.1. The number of halogens is 1. The molecule has 2 heterocycles. The standard InChI is InChI=1S/C39H56FN3O3/c1-7-11-12-17-30(16-8-2)37-34-22-20-31(39(44)45)28-36(34)41-38(37)33(9-3)35(40)23-27-46-26-15-18-32(43-24-13-14-25-43)21-19-29(5)42(6)10-4/h9,15,18-23,28,30,41H,7-8,10-14,16-17,24-27H2,1-6H3,(H,44,45)/b18-15+,29-19+,32-21+,33-9+,35-23+. The summed E-state index contributed by atoms with van der Waals surface area (Å²) in [5.41, 5.74) is 5.63. The molecule has 2 N–H and O–H groups in total. The van der Waals surface area contributed by atoms with Gasteiger partial charge in [0.15, 0.2) is 0 Å². The molecule has 0 spiro atoms. The number of aromatic nitrogens is 1. The number of unbranched alkanes of at least 4 members (excludes halogenated alkanes) is 2. The van der Waals surface area contributed by atoms with E-state index in [1.54, 1.807) is 18.2 Å². The number of nitrogens with one attached hydrogen (secondary N) is 1. The first-order valence-corrected chi connectivity index (χ1v) is 17.3. The first-order chi connectivity index (χ1) is 22.2. The molecule has 46 heavy (non-hydrogen) atoms. The minimum absolute atomic E-state index is 0.143. The Morgan fingerprint density at radius 1 is 1.11 bits per heavy atom. The van der Waals surface area contributed by atoms with Crippen LogP contribution in [-0.2, 0) is 4.74 Å². The minimum atomic E-state index is -0.977. The summed E-state index contributed by atoms with van der Waals surface area (Å²) in [5, 5.41) is 10.6. The normalized spacial score (nSPS) is 15.8. The molecule has 0 bridgehead atoms. The van der Waals surface area contributed by atoms with Crippen LogP contribution in [0, 0.1) is 0 Å². The van der Waals surface area contributed by atoms with E-state index in [1.165, 1.54) is 30.3 Å². The number of aromatic carboxylic acids is 1. The molecule has 1 aromatic carbocycles. The molecule has 0 amide bonds. The Morgan fingerprint density at radius 3 is 2.52 bits per heavy atom. The van der Waals surface area contributed by atoms with Crippen molar-refractivity contribution >= 4 is 22.4 Å². The van der Waals surface area contributed by atoms with Gasteiger partial charge < -0.3 is 24.6 Å². The van der Waals surface area contributed by atoms with Gasteiger partial charge in [0.25, 0.3) is 0 Å². The molecule has 1 saturated heterocycles. The smallest absolute Gasteiger partial charge is 0.335 e. The molecule has 1 fully saturated rings. The van der Waals surface area contributed by atoms with Crippen molar-refractivity contribution in [3.63, 3.8) is 0 Å². The molecule has 1 aliphatic heterocycles. The Hall–Kier alpha value is -3.58. The number of carbonyl (C=O) groups is 1. The van der Waals surface area contributed by atoms with E-state index < -0.39 is 5.97 Å². The number of rotatable bonds is 19. The van der Waals surface area contributed by atoms with Gasteiger partial charge in [-0.05, 0) is 94.4 Å². The van der Waals surface area contributed by atoms with Gasteiger partial charge in [0.05, 0.1) is 24.5 Å². The van der Waals surface area contributed by atoms with Crippen LogP contribution < -0.4 is 0 Å². The molecule has 3 rings (SSSR count). The van der Waals surface area contributed by atoms with Crippen LogP contribution in [0.1, 0.15) is 114 Å². The van der Waals surface area contributed by atoms with E-state index in [9.17, 15) is 9.90 Å². The SMILES string of the molecule is C/C=C(\C(F)=C/COC/C=C/C(=C\C=C(/C)N(C)CC)N1CCCC1)c1[nH]c2cc(C(=O)O)ccc2c1C(CCC)CCCCC. The van der Waals surface area contributed by atoms with Crippen molar-refractivity contribution < 1.29 is 19.0 Å². The molecule has 1 unspecified atom stereocenters. The quantitative estimate of drug-likeness (QED) is 0.119. The van der Waals surface area contributed by atoms with Crippen molar-refractivity contribution in [3.05, 3.63) is 88.7 Å². The summed E-state index contributed by atoms with van der Waals surface area (Å²) in [7, 11) is 2.09. The fourth-order valence-electron chi connectivity index (χ4n) is 6.18. The number of allylic oxidation sites excluding steroid dienone is 7. The monoisotopic (exact) mass is 633 g/mol. The van der Waals surface area contributed by atoms with Gasteiger partial charge >= 0.3 is 5.97 Å². The fourth-order valence-corrected chi connectivity index (χ4v) is 6.18. The molecule has 0 aliphatic carbocycles. The van der Waals surface area contributed by atoms with E-state index in [0.717, 1.165) is 80.3 Å². The van der Waals surface area contributed by atoms with Gasteiger partial charge in [-0.2, -0.15) is 0 Å². The zero-order valence-corrected chi connectivity index (χ0v) is 29.0. The summed E-state index contributed by atoms with van der Waals surface area (Å²) >= 11 is 0. The van der Waals surface area contributed by atoms with Gasteiger partial charge in [-0.25, -0.2) is 9.18 Å². The summed E-state index contributed by atoms with van der Waals surface area (Å²) in [4.78, 5) is 19.7. The van der Waals surface area contributed by atoms with E-state index in [-0.39, 0.29) is 23.9 Å². The van der Waals surface area contributed by atoms with Crippen molar-refractivity contribution in [1.29, 1.82) is 0 Å². The zero-order chi connectivity index (χ0) is 33.5. The molecular formula is C39H56FN3O3. The first-order valence-electron chi connectivity index (χ1n) is 17.3. The summed E-state index contributed by atoms with van der Waals surface area (Å²) in [6.07, 6.45) is 20.5. The summed E-state index contributed by atoms with van der Waals surface area (Å²) in [6, 6.07) is 5.19. The Bertz CT molecular complexity index is 1430. The number of H-pyrrole nitrogens is 1. The number of hydrogen-bond acceptors (Lipinski definition) is 4. The molecule has 252 valence electrons. The van der Waals surface area contributed by atoms with E-state index >= 15 is 4.39 Å². The van der Waals surface area contributed by atoms with Crippen LogP contribution in [0.3, 0.4) is 0 Å². The van der Waals surface area contributed by atoms with Crippen LogP contribution >= 0.6 is 0 Å². The number of fused-ring (bicyclic) bond motifs is 1.